The molecule has 9 heteroatoms. The van der Waals surface area contributed by atoms with Crippen molar-refractivity contribution < 1.29 is 22.4 Å². The highest BCUT2D eigenvalue weighted by atomic mass is 32.2. The summed E-state index contributed by atoms with van der Waals surface area (Å²) < 4.78 is 39.0. The van der Waals surface area contributed by atoms with Crippen LogP contribution in [0, 0.1) is 5.82 Å². The number of rotatable bonds is 4. The highest BCUT2D eigenvalue weighted by molar-refractivity contribution is 7.92. The molecule has 2 aromatic rings. The van der Waals surface area contributed by atoms with Crippen LogP contribution >= 0.6 is 0 Å². The SMILES string of the molecule is CS(=O)(=O)N1CCc2ccc(NC(=O)[C@H]3CC(c4ccccc4F)=NO3)cc21. The topological polar surface area (TPSA) is 88.1 Å². The van der Waals surface area contributed by atoms with Gasteiger partial charge in [-0.1, -0.05) is 29.4 Å². The molecule has 0 unspecified atom stereocenters. The Morgan fingerprint density at radius 3 is 2.82 bits per heavy atom. The van der Waals surface area contributed by atoms with Crippen LogP contribution in [0.4, 0.5) is 15.8 Å². The summed E-state index contributed by atoms with van der Waals surface area (Å²) in [6, 6.07) is 11.3. The Hall–Kier alpha value is -2.94. The molecule has 2 heterocycles. The van der Waals surface area contributed by atoms with Gasteiger partial charge in [-0.05, 0) is 30.2 Å². The van der Waals surface area contributed by atoms with Gasteiger partial charge < -0.3 is 10.2 Å². The summed E-state index contributed by atoms with van der Waals surface area (Å²) in [5.41, 5.74) is 2.61. The number of anilines is 2. The number of hydrogen-bond donors (Lipinski definition) is 1. The lowest BCUT2D eigenvalue weighted by molar-refractivity contribution is -0.125. The fourth-order valence-corrected chi connectivity index (χ4v) is 4.32. The van der Waals surface area contributed by atoms with Gasteiger partial charge >= 0.3 is 0 Å². The molecule has 0 saturated carbocycles. The van der Waals surface area contributed by atoms with E-state index in [1.165, 1.54) is 10.4 Å². The number of benzene rings is 2. The fraction of sp³-hybridized carbons (Fsp3) is 0.263. The molecule has 0 bridgehead atoms. The highest BCUT2D eigenvalue weighted by Gasteiger charge is 2.31. The third kappa shape index (κ3) is 3.45. The van der Waals surface area contributed by atoms with Gasteiger partial charge in [-0.3, -0.25) is 9.10 Å². The summed E-state index contributed by atoms with van der Waals surface area (Å²) in [6.07, 6.45) is 1.05. The molecule has 1 amide bonds. The molecule has 7 nitrogen and oxygen atoms in total. The van der Waals surface area contributed by atoms with Crippen molar-refractivity contribution in [2.75, 3.05) is 22.4 Å². The minimum absolute atomic E-state index is 0.146. The van der Waals surface area contributed by atoms with Gasteiger partial charge in [0.05, 0.1) is 17.7 Å². The number of sulfonamides is 1. The van der Waals surface area contributed by atoms with Crippen LogP contribution in [0.3, 0.4) is 0 Å². The van der Waals surface area contributed by atoms with Crippen LogP contribution in [0.15, 0.2) is 47.6 Å². The number of carbonyl (C=O) groups is 1. The molecular formula is C19H18FN3O4S. The molecule has 1 atom stereocenters. The Labute approximate surface area is 161 Å². The standard InChI is InChI=1S/C19H18FN3O4S/c1-28(25,26)23-9-8-12-6-7-13(10-17(12)23)21-19(24)18-11-16(22-27-18)14-4-2-3-5-15(14)20/h2-7,10,18H,8-9,11H2,1H3,(H,21,24)/t18-/m1/s1. The summed E-state index contributed by atoms with van der Waals surface area (Å²) >= 11 is 0. The lowest BCUT2D eigenvalue weighted by atomic mass is 10.0. The average Bonchev–Trinajstić information content (AvgIpc) is 3.28. The molecule has 0 radical (unpaired) electrons. The Balaban J connectivity index is 1.47. The molecule has 28 heavy (non-hydrogen) atoms. The number of halogens is 1. The number of amides is 1. The monoisotopic (exact) mass is 403 g/mol. The first-order valence-electron chi connectivity index (χ1n) is 8.72. The van der Waals surface area contributed by atoms with E-state index in [0.717, 1.165) is 11.8 Å². The predicted octanol–water partition coefficient (Wildman–Crippen LogP) is 2.28. The Morgan fingerprint density at radius 1 is 1.29 bits per heavy atom. The first kappa shape index (κ1) is 18.4. The summed E-state index contributed by atoms with van der Waals surface area (Å²) in [6.45, 7) is 0.386. The summed E-state index contributed by atoms with van der Waals surface area (Å²) in [4.78, 5) is 17.7. The van der Waals surface area contributed by atoms with Crippen LogP contribution in [0.5, 0.6) is 0 Å². The minimum Gasteiger partial charge on any atom is -0.382 e. The van der Waals surface area contributed by atoms with Gasteiger partial charge in [-0.15, -0.1) is 0 Å². The van der Waals surface area contributed by atoms with Gasteiger partial charge in [0, 0.05) is 24.2 Å². The first-order valence-corrected chi connectivity index (χ1v) is 10.6. The second-order valence-electron chi connectivity index (χ2n) is 6.73. The van der Waals surface area contributed by atoms with Crippen molar-refractivity contribution in [1.29, 1.82) is 0 Å². The van der Waals surface area contributed by atoms with Crippen molar-refractivity contribution in [2.45, 2.75) is 18.9 Å². The molecule has 0 aromatic heterocycles. The van der Waals surface area contributed by atoms with Crippen LogP contribution < -0.4 is 9.62 Å². The second kappa shape index (κ2) is 6.90. The van der Waals surface area contributed by atoms with Gasteiger partial charge in [-0.2, -0.15) is 0 Å². The Kier molecular flexibility index (Phi) is 4.54. The quantitative estimate of drug-likeness (QED) is 0.848. The third-order valence-electron chi connectivity index (χ3n) is 4.75. The molecule has 0 spiro atoms. The summed E-state index contributed by atoms with van der Waals surface area (Å²) in [5, 5.41) is 6.56. The number of nitrogens with one attached hydrogen (secondary N) is 1. The van der Waals surface area contributed by atoms with Crippen LogP contribution in [0.1, 0.15) is 17.5 Å². The Bertz CT molecular complexity index is 1080. The van der Waals surface area contributed by atoms with Crippen LogP contribution in [0.2, 0.25) is 0 Å². The molecule has 2 aliphatic rings. The molecule has 1 N–H and O–H groups in total. The van der Waals surface area contributed by atoms with Crippen molar-refractivity contribution in [3.63, 3.8) is 0 Å². The molecule has 0 aliphatic carbocycles. The molecule has 4 rings (SSSR count). The van der Waals surface area contributed by atoms with E-state index in [0.29, 0.717) is 35.6 Å². The van der Waals surface area contributed by atoms with Crippen molar-refractivity contribution in [3.8, 4) is 0 Å². The number of nitrogens with zero attached hydrogens (tertiary/aromatic N) is 2. The molecule has 146 valence electrons. The lowest BCUT2D eigenvalue weighted by Gasteiger charge is -2.17. The second-order valence-corrected chi connectivity index (χ2v) is 8.64. The zero-order valence-corrected chi connectivity index (χ0v) is 15.9. The average molecular weight is 403 g/mol. The van der Waals surface area contributed by atoms with Crippen LogP contribution in [-0.4, -0.2) is 38.9 Å². The number of oxime groups is 1. The maximum absolute atomic E-state index is 13.9. The molecule has 2 aromatic carbocycles. The maximum atomic E-state index is 13.9. The van der Waals surface area contributed by atoms with Gasteiger partial charge in [-0.25, -0.2) is 12.8 Å². The summed E-state index contributed by atoms with van der Waals surface area (Å²) in [7, 11) is -3.38. The lowest BCUT2D eigenvalue weighted by Crippen LogP contribution is -2.29. The minimum atomic E-state index is -3.38. The van der Waals surface area contributed by atoms with E-state index in [9.17, 15) is 17.6 Å². The van der Waals surface area contributed by atoms with Gasteiger partial charge in [0.15, 0.2) is 0 Å². The van der Waals surface area contributed by atoms with Gasteiger partial charge in [0.2, 0.25) is 16.1 Å². The highest BCUT2D eigenvalue weighted by Crippen LogP contribution is 2.32. The van der Waals surface area contributed by atoms with E-state index < -0.39 is 27.9 Å². The number of fused-ring (bicyclic) bond motifs is 1. The zero-order chi connectivity index (χ0) is 19.9. The molecule has 0 saturated heterocycles. The van der Waals surface area contributed by atoms with Crippen molar-refractivity contribution in [3.05, 3.63) is 59.4 Å². The van der Waals surface area contributed by atoms with E-state index in [2.05, 4.69) is 10.5 Å². The summed E-state index contributed by atoms with van der Waals surface area (Å²) in [5.74, 6) is -0.857. The Morgan fingerprint density at radius 2 is 2.07 bits per heavy atom. The van der Waals surface area contributed by atoms with E-state index in [1.54, 1.807) is 36.4 Å². The fourth-order valence-electron chi connectivity index (χ4n) is 3.37. The zero-order valence-electron chi connectivity index (χ0n) is 15.1. The predicted molar refractivity (Wildman–Crippen MR) is 103 cm³/mol. The van der Waals surface area contributed by atoms with Gasteiger partial charge in [0.25, 0.3) is 5.91 Å². The van der Waals surface area contributed by atoms with E-state index in [1.807, 2.05) is 0 Å². The van der Waals surface area contributed by atoms with E-state index in [4.69, 9.17) is 4.84 Å². The van der Waals surface area contributed by atoms with Crippen LogP contribution in [0.25, 0.3) is 0 Å². The normalized spacial score (nSPS) is 18.4. The van der Waals surface area contributed by atoms with E-state index in [-0.39, 0.29) is 6.42 Å². The third-order valence-corrected chi connectivity index (χ3v) is 5.93. The largest absolute Gasteiger partial charge is 0.382 e. The number of hydrogen-bond acceptors (Lipinski definition) is 5. The maximum Gasteiger partial charge on any atom is 0.268 e. The van der Waals surface area contributed by atoms with Gasteiger partial charge in [0.1, 0.15) is 5.82 Å². The van der Waals surface area contributed by atoms with E-state index >= 15 is 0 Å². The molecule has 0 fully saturated rings. The molecule has 2 aliphatic heterocycles. The van der Waals surface area contributed by atoms with Crippen molar-refractivity contribution in [2.24, 2.45) is 5.16 Å². The first-order chi connectivity index (χ1) is 13.3. The van der Waals surface area contributed by atoms with Crippen molar-refractivity contribution >= 4 is 33.0 Å². The smallest absolute Gasteiger partial charge is 0.268 e. The molecular weight excluding hydrogens is 385 g/mol. The number of carbonyl (C=O) groups excluding carboxylic acids is 1. The van der Waals surface area contributed by atoms with Crippen molar-refractivity contribution in [1.82, 2.24) is 0 Å². The van der Waals surface area contributed by atoms with Crippen LogP contribution in [-0.2, 0) is 26.1 Å².